The van der Waals surface area contributed by atoms with E-state index in [0.29, 0.717) is 16.9 Å². The summed E-state index contributed by atoms with van der Waals surface area (Å²) < 4.78 is 0. The molecule has 0 unspecified atom stereocenters. The first-order chi connectivity index (χ1) is 19.2. The maximum atomic E-state index is 14.0. The number of para-hydroxylation sites is 1. The number of nitrogens with one attached hydrogen (secondary N) is 1. The molecule has 3 aromatic carbocycles. The molecule has 0 aromatic heterocycles. The number of amides is 3. The van der Waals surface area contributed by atoms with Gasteiger partial charge in [-0.3, -0.25) is 34.6 Å². The Labute approximate surface area is 226 Å². The molecule has 40 heavy (non-hydrogen) atoms. The molecule has 0 radical (unpaired) electrons. The third-order valence-corrected chi connectivity index (χ3v) is 7.67. The fraction of sp³-hybridized carbons (Fsp3) is 0.179. The summed E-state index contributed by atoms with van der Waals surface area (Å²) in [5, 5.41) is 25.2. The number of carbonyl (C=O) groups excluding carboxylic acids is 3. The fourth-order valence-electron chi connectivity index (χ4n) is 5.89. The first kappa shape index (κ1) is 24.9. The van der Waals surface area contributed by atoms with Crippen LogP contribution in [0.5, 0.6) is 0 Å². The molecule has 3 aromatic rings. The van der Waals surface area contributed by atoms with Gasteiger partial charge in [0.25, 0.3) is 11.4 Å². The number of benzene rings is 3. The van der Waals surface area contributed by atoms with Crippen molar-refractivity contribution in [3.05, 3.63) is 104 Å². The largest absolute Gasteiger partial charge is 0.351 e. The minimum Gasteiger partial charge on any atom is -0.351 e. The average molecular weight is 540 g/mol. The van der Waals surface area contributed by atoms with Crippen molar-refractivity contribution >= 4 is 52.2 Å². The number of anilines is 3. The van der Waals surface area contributed by atoms with Gasteiger partial charge < -0.3 is 10.2 Å². The number of nitrogens with zero attached hydrogens (tertiary/aromatic N) is 4. The van der Waals surface area contributed by atoms with E-state index in [1.807, 2.05) is 24.3 Å². The van der Waals surface area contributed by atoms with Crippen LogP contribution >= 0.6 is 0 Å². The Hall–Kier alpha value is -5.39. The maximum absolute atomic E-state index is 14.0. The molecule has 3 amide bonds. The number of hydrogen-bond donors (Lipinski definition) is 1. The molecule has 200 valence electrons. The monoisotopic (exact) mass is 539 g/mol. The molecule has 0 aliphatic carbocycles. The third-order valence-electron chi connectivity index (χ3n) is 7.67. The summed E-state index contributed by atoms with van der Waals surface area (Å²) in [5.74, 6) is -3.71. The summed E-state index contributed by atoms with van der Waals surface area (Å²) in [5.41, 5.74) is 2.00. The summed E-state index contributed by atoms with van der Waals surface area (Å²) in [7, 11) is 0. The molecule has 12 heteroatoms. The number of non-ortho nitro benzene ring substituents is 2. The van der Waals surface area contributed by atoms with Gasteiger partial charge in [-0.2, -0.15) is 0 Å². The molecular formula is C28H21N5O7. The van der Waals surface area contributed by atoms with Gasteiger partial charge in [-0.15, -0.1) is 0 Å². The smallest absolute Gasteiger partial charge is 0.271 e. The van der Waals surface area contributed by atoms with Crippen LogP contribution in [0.15, 0.2) is 72.8 Å². The van der Waals surface area contributed by atoms with Crippen molar-refractivity contribution < 1.29 is 24.2 Å². The fourth-order valence-corrected chi connectivity index (χ4v) is 5.89. The lowest BCUT2D eigenvalue weighted by molar-refractivity contribution is -0.385. The van der Waals surface area contributed by atoms with Crippen LogP contribution in [-0.2, 0) is 14.4 Å². The Morgan fingerprint density at radius 1 is 0.850 bits per heavy atom. The zero-order valence-corrected chi connectivity index (χ0v) is 21.0. The molecule has 2 saturated heterocycles. The lowest BCUT2D eigenvalue weighted by Crippen LogP contribution is -2.50. The van der Waals surface area contributed by atoms with E-state index in [9.17, 15) is 34.6 Å². The second-order valence-electron chi connectivity index (χ2n) is 9.85. The SMILES string of the molecule is Cc1ccc([N+](=O)[O-])cc1N1C(=O)[C@@H]2[C@@H](C1=O)[C@@H](C(=O)Nc1ccc([N+](=O)[O-])cc1)N1c3ccccc3C=C[C@H]21. The average Bonchev–Trinajstić information content (AvgIpc) is 3.42. The van der Waals surface area contributed by atoms with E-state index in [2.05, 4.69) is 5.32 Å². The molecule has 0 saturated carbocycles. The minimum absolute atomic E-state index is 0.111. The van der Waals surface area contributed by atoms with Crippen molar-refractivity contribution in [1.82, 2.24) is 0 Å². The van der Waals surface area contributed by atoms with E-state index in [1.165, 1.54) is 42.5 Å². The van der Waals surface area contributed by atoms with E-state index in [1.54, 1.807) is 24.0 Å². The van der Waals surface area contributed by atoms with Gasteiger partial charge >= 0.3 is 0 Å². The third kappa shape index (κ3) is 3.72. The van der Waals surface area contributed by atoms with E-state index in [0.717, 1.165) is 10.5 Å². The highest BCUT2D eigenvalue weighted by molar-refractivity contribution is 6.25. The summed E-state index contributed by atoms with van der Waals surface area (Å²) in [6.45, 7) is 1.65. The van der Waals surface area contributed by atoms with Crippen LogP contribution < -0.4 is 15.1 Å². The van der Waals surface area contributed by atoms with Crippen molar-refractivity contribution in [3.63, 3.8) is 0 Å². The predicted octanol–water partition coefficient (Wildman–Crippen LogP) is 3.84. The van der Waals surface area contributed by atoms with Gasteiger partial charge in [0, 0.05) is 35.6 Å². The normalized spacial score (nSPS) is 22.5. The van der Waals surface area contributed by atoms with Gasteiger partial charge in [0.2, 0.25) is 17.7 Å². The zero-order valence-electron chi connectivity index (χ0n) is 21.0. The molecule has 2 fully saturated rings. The number of hydrogen-bond acceptors (Lipinski definition) is 8. The number of carbonyl (C=O) groups is 3. The van der Waals surface area contributed by atoms with Gasteiger partial charge in [0.1, 0.15) is 6.04 Å². The number of imide groups is 1. The molecule has 3 aliphatic rings. The lowest BCUT2D eigenvalue weighted by Gasteiger charge is -2.36. The second-order valence-corrected chi connectivity index (χ2v) is 9.85. The predicted molar refractivity (Wildman–Crippen MR) is 145 cm³/mol. The van der Waals surface area contributed by atoms with E-state index >= 15 is 0 Å². The standard InChI is InChI=1S/C28H21N5O7/c1-15-6-10-19(33(39)40)14-22(15)31-27(35)23-21-13-7-16-4-2-3-5-20(16)30(21)25(24(23)28(31)36)26(34)29-17-8-11-18(12-9-17)32(37)38/h2-14,21,23-25H,1H3,(H,29,34)/t21-,23+,24-,25+/m1/s1. The molecule has 12 nitrogen and oxygen atoms in total. The first-order valence-electron chi connectivity index (χ1n) is 12.4. The van der Waals surface area contributed by atoms with Crippen LogP contribution in [0.25, 0.3) is 6.08 Å². The van der Waals surface area contributed by atoms with Gasteiger partial charge in [0.05, 0.1) is 33.4 Å². The molecule has 0 spiro atoms. The van der Waals surface area contributed by atoms with E-state index in [4.69, 9.17) is 0 Å². The highest BCUT2D eigenvalue weighted by atomic mass is 16.6. The number of fused-ring (bicyclic) bond motifs is 5. The van der Waals surface area contributed by atoms with Crippen molar-refractivity contribution in [2.75, 3.05) is 15.1 Å². The zero-order chi connectivity index (χ0) is 28.3. The number of rotatable bonds is 5. The molecule has 3 heterocycles. The topological polar surface area (TPSA) is 156 Å². The first-order valence-corrected chi connectivity index (χ1v) is 12.4. The van der Waals surface area contributed by atoms with Crippen molar-refractivity contribution in [1.29, 1.82) is 0 Å². The Morgan fingerprint density at radius 3 is 2.20 bits per heavy atom. The molecular weight excluding hydrogens is 518 g/mol. The van der Waals surface area contributed by atoms with Gasteiger partial charge in [-0.1, -0.05) is 36.4 Å². The Balaban J connectivity index is 1.43. The summed E-state index contributed by atoms with van der Waals surface area (Å²) in [6.07, 6.45) is 3.65. The van der Waals surface area contributed by atoms with Crippen LogP contribution in [0.4, 0.5) is 28.4 Å². The summed E-state index contributed by atoms with van der Waals surface area (Å²) in [6, 6.07) is 14.9. The highest BCUT2D eigenvalue weighted by Gasteiger charge is 2.64. The lowest BCUT2D eigenvalue weighted by atomic mass is 9.88. The van der Waals surface area contributed by atoms with Crippen LogP contribution in [0.3, 0.4) is 0 Å². The molecule has 3 aliphatic heterocycles. The quantitative estimate of drug-likeness (QED) is 0.291. The minimum atomic E-state index is -1.10. The maximum Gasteiger partial charge on any atom is 0.271 e. The number of nitro benzene ring substituents is 2. The van der Waals surface area contributed by atoms with Crippen LogP contribution in [0.2, 0.25) is 0 Å². The Kier molecular flexibility index (Phi) is 5.68. The Morgan fingerprint density at radius 2 is 1.50 bits per heavy atom. The van der Waals surface area contributed by atoms with Gasteiger partial charge in [0.15, 0.2) is 0 Å². The van der Waals surface area contributed by atoms with E-state index < -0.39 is 51.5 Å². The highest BCUT2D eigenvalue weighted by Crippen LogP contribution is 2.49. The van der Waals surface area contributed by atoms with Crippen LogP contribution in [0.1, 0.15) is 11.1 Å². The second kappa shape index (κ2) is 9.12. The molecule has 6 rings (SSSR count). The number of aryl methyl sites for hydroxylation is 1. The van der Waals surface area contributed by atoms with Crippen molar-refractivity contribution in [3.8, 4) is 0 Å². The van der Waals surface area contributed by atoms with Gasteiger partial charge in [-0.05, 0) is 36.2 Å². The molecule has 0 bridgehead atoms. The molecule has 1 N–H and O–H groups in total. The number of nitro groups is 2. The van der Waals surface area contributed by atoms with Crippen LogP contribution in [-0.4, -0.2) is 39.7 Å². The summed E-state index contributed by atoms with van der Waals surface area (Å²) >= 11 is 0. The van der Waals surface area contributed by atoms with Crippen LogP contribution in [0, 0.1) is 39.0 Å². The van der Waals surface area contributed by atoms with Crippen molar-refractivity contribution in [2.45, 2.75) is 19.0 Å². The van der Waals surface area contributed by atoms with Crippen molar-refractivity contribution in [2.24, 2.45) is 11.8 Å². The van der Waals surface area contributed by atoms with Gasteiger partial charge in [-0.25, -0.2) is 4.90 Å². The van der Waals surface area contributed by atoms with E-state index in [-0.39, 0.29) is 17.1 Å². The molecule has 4 atom stereocenters. The summed E-state index contributed by atoms with van der Waals surface area (Å²) in [4.78, 5) is 65.8. The Bertz CT molecular complexity index is 1650.